The van der Waals surface area contributed by atoms with Crippen LogP contribution in [0.15, 0.2) is 0 Å². The van der Waals surface area contributed by atoms with Crippen LogP contribution < -0.4 is 5.73 Å². The van der Waals surface area contributed by atoms with Crippen molar-refractivity contribution in [1.82, 2.24) is 4.90 Å². The number of nitrogens with two attached hydrogens (primary N) is 1. The van der Waals surface area contributed by atoms with Crippen LogP contribution in [0.2, 0.25) is 0 Å². The van der Waals surface area contributed by atoms with Crippen LogP contribution in [0.5, 0.6) is 0 Å². The topological polar surface area (TPSA) is 38.5 Å². The maximum atomic E-state index is 6.22. The molecule has 0 bridgehead atoms. The van der Waals surface area contributed by atoms with Gasteiger partial charge in [0, 0.05) is 31.8 Å². The number of likely N-dealkylation sites (N-methyl/N-ethyl adjacent to an activating group) is 1. The Bertz CT molecular complexity index is 299. The molecule has 0 radical (unpaired) electrons. The van der Waals surface area contributed by atoms with E-state index in [4.69, 9.17) is 10.5 Å². The Hall–Kier alpha value is -0.120. The summed E-state index contributed by atoms with van der Waals surface area (Å²) in [5, 5.41) is 0. The standard InChI is InChI=1S/C16H32N2O/c1-13-9-15(2,3)11-16(13,12-17)18(4)10-14-5-7-19-8-6-14/h13-14H,5-12,17H2,1-4H3. The molecule has 1 aliphatic carbocycles. The fraction of sp³-hybridized carbons (Fsp3) is 1.00. The molecule has 0 amide bonds. The van der Waals surface area contributed by atoms with Crippen LogP contribution in [0.3, 0.4) is 0 Å². The summed E-state index contributed by atoms with van der Waals surface area (Å²) in [7, 11) is 2.29. The molecule has 0 spiro atoms. The lowest BCUT2D eigenvalue weighted by Crippen LogP contribution is -2.55. The molecule has 1 heterocycles. The van der Waals surface area contributed by atoms with Gasteiger partial charge in [0.15, 0.2) is 0 Å². The van der Waals surface area contributed by atoms with Crippen molar-refractivity contribution in [2.45, 2.75) is 52.0 Å². The first-order valence-electron chi connectivity index (χ1n) is 7.89. The molecule has 3 heteroatoms. The van der Waals surface area contributed by atoms with E-state index in [1.165, 1.54) is 32.2 Å². The van der Waals surface area contributed by atoms with Gasteiger partial charge in [0.05, 0.1) is 0 Å². The van der Waals surface area contributed by atoms with E-state index in [1.807, 2.05) is 0 Å². The predicted octanol–water partition coefficient (Wildman–Crippen LogP) is 2.50. The number of ether oxygens (including phenoxy) is 1. The lowest BCUT2D eigenvalue weighted by atomic mass is 9.84. The van der Waals surface area contributed by atoms with Gasteiger partial charge in [-0.25, -0.2) is 0 Å². The molecule has 1 saturated heterocycles. The lowest BCUT2D eigenvalue weighted by molar-refractivity contribution is 0.0227. The number of nitrogens with zero attached hydrogens (tertiary/aromatic N) is 1. The van der Waals surface area contributed by atoms with Gasteiger partial charge in [-0.2, -0.15) is 0 Å². The van der Waals surface area contributed by atoms with Crippen LogP contribution in [0.25, 0.3) is 0 Å². The zero-order chi connectivity index (χ0) is 14.1. The largest absolute Gasteiger partial charge is 0.381 e. The summed E-state index contributed by atoms with van der Waals surface area (Å²) in [5.74, 6) is 1.48. The van der Waals surface area contributed by atoms with Gasteiger partial charge in [0.2, 0.25) is 0 Å². The Morgan fingerprint density at radius 2 is 1.89 bits per heavy atom. The van der Waals surface area contributed by atoms with Gasteiger partial charge in [0.25, 0.3) is 0 Å². The number of rotatable bonds is 4. The van der Waals surface area contributed by atoms with Gasteiger partial charge in [-0.3, -0.25) is 4.90 Å². The lowest BCUT2D eigenvalue weighted by Gasteiger charge is -2.44. The summed E-state index contributed by atoms with van der Waals surface area (Å²) in [6.07, 6.45) is 4.95. The Kier molecular flexibility index (Phi) is 4.59. The average molecular weight is 268 g/mol. The van der Waals surface area contributed by atoms with Crippen LogP contribution >= 0.6 is 0 Å². The Morgan fingerprint density at radius 3 is 2.37 bits per heavy atom. The van der Waals surface area contributed by atoms with E-state index >= 15 is 0 Å². The highest BCUT2D eigenvalue weighted by atomic mass is 16.5. The van der Waals surface area contributed by atoms with E-state index in [-0.39, 0.29) is 5.54 Å². The van der Waals surface area contributed by atoms with Crippen molar-refractivity contribution in [3.8, 4) is 0 Å². The highest BCUT2D eigenvalue weighted by Gasteiger charge is 2.50. The molecule has 2 rings (SSSR count). The first-order valence-corrected chi connectivity index (χ1v) is 7.89. The van der Waals surface area contributed by atoms with Crippen molar-refractivity contribution in [2.24, 2.45) is 23.0 Å². The highest BCUT2D eigenvalue weighted by molar-refractivity contribution is 5.05. The maximum Gasteiger partial charge on any atom is 0.0469 e. The first-order chi connectivity index (χ1) is 8.89. The molecule has 19 heavy (non-hydrogen) atoms. The van der Waals surface area contributed by atoms with E-state index in [9.17, 15) is 0 Å². The fourth-order valence-corrected chi connectivity index (χ4v) is 4.53. The summed E-state index contributed by atoms with van der Waals surface area (Å²) in [5.41, 5.74) is 6.86. The molecular weight excluding hydrogens is 236 g/mol. The second kappa shape index (κ2) is 5.71. The van der Waals surface area contributed by atoms with Crippen LogP contribution in [0.4, 0.5) is 0 Å². The first kappa shape index (κ1) is 15.3. The second-order valence-corrected chi connectivity index (χ2v) is 7.69. The molecule has 2 fully saturated rings. The molecule has 0 aromatic rings. The van der Waals surface area contributed by atoms with Crippen LogP contribution in [-0.4, -0.2) is 43.8 Å². The van der Waals surface area contributed by atoms with Crippen molar-refractivity contribution < 1.29 is 4.74 Å². The minimum absolute atomic E-state index is 0.210. The third kappa shape index (κ3) is 3.14. The third-order valence-electron chi connectivity index (χ3n) is 5.55. The van der Waals surface area contributed by atoms with Crippen LogP contribution in [0.1, 0.15) is 46.5 Å². The molecule has 3 nitrogen and oxygen atoms in total. The smallest absolute Gasteiger partial charge is 0.0469 e. The van der Waals surface area contributed by atoms with E-state index in [0.717, 1.165) is 25.7 Å². The molecule has 1 saturated carbocycles. The summed E-state index contributed by atoms with van der Waals surface area (Å²) in [4.78, 5) is 2.59. The summed E-state index contributed by atoms with van der Waals surface area (Å²) < 4.78 is 5.47. The van der Waals surface area contributed by atoms with Gasteiger partial charge in [-0.1, -0.05) is 20.8 Å². The predicted molar refractivity (Wildman–Crippen MR) is 80.1 cm³/mol. The number of hydrogen-bond donors (Lipinski definition) is 1. The molecule has 112 valence electrons. The molecule has 1 aliphatic heterocycles. The summed E-state index contributed by atoms with van der Waals surface area (Å²) in [6, 6.07) is 0. The second-order valence-electron chi connectivity index (χ2n) is 7.69. The van der Waals surface area contributed by atoms with Gasteiger partial charge < -0.3 is 10.5 Å². The highest BCUT2D eigenvalue weighted by Crippen LogP contribution is 2.49. The molecule has 2 aliphatic rings. The van der Waals surface area contributed by atoms with Gasteiger partial charge >= 0.3 is 0 Å². The molecule has 0 aromatic heterocycles. The molecule has 2 N–H and O–H groups in total. The van der Waals surface area contributed by atoms with Crippen LogP contribution in [-0.2, 0) is 4.74 Å². The maximum absolute atomic E-state index is 6.22. The minimum atomic E-state index is 0.210. The molecule has 0 aromatic carbocycles. The monoisotopic (exact) mass is 268 g/mol. The Morgan fingerprint density at radius 1 is 1.26 bits per heavy atom. The van der Waals surface area contributed by atoms with Gasteiger partial charge in [0.1, 0.15) is 0 Å². The zero-order valence-electron chi connectivity index (χ0n) is 13.2. The van der Waals surface area contributed by atoms with Crippen molar-refractivity contribution in [3.05, 3.63) is 0 Å². The molecule has 2 unspecified atom stereocenters. The molecular formula is C16H32N2O. The summed E-state index contributed by atoms with van der Waals surface area (Å²) in [6.45, 7) is 11.0. The van der Waals surface area contributed by atoms with E-state index in [0.29, 0.717) is 11.3 Å². The van der Waals surface area contributed by atoms with Gasteiger partial charge in [-0.05, 0) is 50.0 Å². The fourth-order valence-electron chi connectivity index (χ4n) is 4.53. The van der Waals surface area contributed by atoms with Crippen molar-refractivity contribution in [2.75, 3.05) is 33.4 Å². The quantitative estimate of drug-likeness (QED) is 0.851. The number of hydrogen-bond acceptors (Lipinski definition) is 3. The van der Waals surface area contributed by atoms with E-state index in [1.54, 1.807) is 0 Å². The zero-order valence-corrected chi connectivity index (χ0v) is 13.2. The SMILES string of the molecule is CC1CC(C)(C)CC1(CN)N(C)CC1CCOCC1. The van der Waals surface area contributed by atoms with Crippen molar-refractivity contribution in [1.29, 1.82) is 0 Å². The minimum Gasteiger partial charge on any atom is -0.381 e. The summed E-state index contributed by atoms with van der Waals surface area (Å²) >= 11 is 0. The Labute approximate surface area is 118 Å². The van der Waals surface area contributed by atoms with E-state index < -0.39 is 0 Å². The third-order valence-corrected chi connectivity index (χ3v) is 5.55. The van der Waals surface area contributed by atoms with Gasteiger partial charge in [-0.15, -0.1) is 0 Å². The Balaban J connectivity index is 2.03. The van der Waals surface area contributed by atoms with E-state index in [2.05, 4.69) is 32.7 Å². The van der Waals surface area contributed by atoms with Crippen molar-refractivity contribution >= 4 is 0 Å². The van der Waals surface area contributed by atoms with Crippen molar-refractivity contribution in [3.63, 3.8) is 0 Å². The molecule has 2 atom stereocenters. The normalized spacial score (nSPS) is 36.0. The average Bonchev–Trinajstić information content (AvgIpc) is 2.61. The van der Waals surface area contributed by atoms with Crippen LogP contribution in [0, 0.1) is 17.3 Å².